The molecule has 0 saturated heterocycles. The van der Waals surface area contributed by atoms with Crippen molar-refractivity contribution in [1.29, 1.82) is 0 Å². The van der Waals surface area contributed by atoms with Crippen LogP contribution in [0.3, 0.4) is 0 Å². The molecule has 0 aromatic carbocycles. The average Bonchev–Trinajstić information content (AvgIpc) is 2.29. The van der Waals surface area contributed by atoms with Crippen molar-refractivity contribution in [2.24, 2.45) is 0 Å². The summed E-state index contributed by atoms with van der Waals surface area (Å²) in [5.74, 6) is 0. The fourth-order valence-corrected chi connectivity index (χ4v) is 8.19. The summed E-state index contributed by atoms with van der Waals surface area (Å²) in [7, 11) is -3.42. The molecule has 0 bridgehead atoms. The molecular weight excluding hydrogens is 320 g/mol. The van der Waals surface area contributed by atoms with Gasteiger partial charge >= 0.3 is 0 Å². The number of rotatable bonds is 3. The summed E-state index contributed by atoms with van der Waals surface area (Å²) in [6, 6.07) is 0. The van der Waals surface area contributed by atoms with Gasteiger partial charge in [-0.25, -0.2) is 0 Å². The molecule has 0 aliphatic heterocycles. The number of hydrogen-bond acceptors (Lipinski definition) is 0. The van der Waals surface area contributed by atoms with Gasteiger partial charge in [0.1, 0.15) is 0 Å². The lowest BCUT2D eigenvalue weighted by molar-refractivity contribution is 0.719. The van der Waals surface area contributed by atoms with Crippen LogP contribution in [0.1, 0.15) is 69.2 Å². The number of hydrogen-bond donors (Lipinski definition) is 0. The Morgan fingerprint density at radius 3 is 0.875 bits per heavy atom. The third kappa shape index (κ3) is 5.23. The Morgan fingerprint density at radius 1 is 0.542 bits per heavy atom. The second-order valence-electron chi connectivity index (χ2n) is 10.8. The van der Waals surface area contributed by atoms with Gasteiger partial charge in [0.15, 0.2) is 0 Å². The molecule has 0 N–H and O–H groups in total. The zero-order valence-electron chi connectivity index (χ0n) is 19.0. The lowest BCUT2D eigenvalue weighted by atomic mass is 10.2. The summed E-state index contributed by atoms with van der Waals surface area (Å²) >= 11 is 0. The van der Waals surface area contributed by atoms with Crippen molar-refractivity contribution < 1.29 is 0 Å². The molecule has 0 aliphatic carbocycles. The predicted molar refractivity (Wildman–Crippen MR) is 118 cm³/mol. The molecule has 0 unspecified atom stereocenters. The quantitative estimate of drug-likeness (QED) is 0.270. The standard InChI is InChI=1S/C22H42Si2/c1-17(2)15-19(23(11,12)21(5,6)7)20(16-18(3)4)24(13,14)22(8,9)10/h1-14H3. The van der Waals surface area contributed by atoms with Crippen LogP contribution in [-0.4, -0.2) is 16.1 Å². The van der Waals surface area contributed by atoms with Crippen molar-refractivity contribution in [2.45, 2.75) is 106 Å². The van der Waals surface area contributed by atoms with Gasteiger partial charge in [0.2, 0.25) is 0 Å². The molecule has 0 saturated carbocycles. The predicted octanol–water partition coefficient (Wildman–Crippen LogP) is 8.06. The Kier molecular flexibility index (Phi) is 7.22. The van der Waals surface area contributed by atoms with Gasteiger partial charge < -0.3 is 0 Å². The van der Waals surface area contributed by atoms with Crippen LogP contribution < -0.4 is 0 Å². The van der Waals surface area contributed by atoms with Crippen molar-refractivity contribution in [3.05, 3.63) is 33.0 Å². The van der Waals surface area contributed by atoms with Crippen LogP contribution in [0.15, 0.2) is 33.0 Å². The van der Waals surface area contributed by atoms with E-state index >= 15 is 0 Å². The van der Waals surface area contributed by atoms with E-state index in [4.69, 9.17) is 0 Å². The van der Waals surface area contributed by atoms with Gasteiger partial charge in [0.05, 0.1) is 16.1 Å². The SMILES string of the molecule is CC(C)=C=C(C(=C=C(C)C)[Si](C)(C)C(C)(C)C)[Si](C)(C)C(C)(C)C. The van der Waals surface area contributed by atoms with Gasteiger partial charge in [0.25, 0.3) is 0 Å². The van der Waals surface area contributed by atoms with E-state index in [2.05, 4.69) is 107 Å². The molecule has 0 heterocycles. The molecule has 0 aliphatic rings. The molecule has 0 nitrogen and oxygen atoms in total. The highest BCUT2D eigenvalue weighted by Gasteiger charge is 2.47. The van der Waals surface area contributed by atoms with Crippen molar-refractivity contribution in [3.8, 4) is 0 Å². The summed E-state index contributed by atoms with van der Waals surface area (Å²) in [5, 5.41) is 3.59. The van der Waals surface area contributed by atoms with Crippen LogP contribution in [0.2, 0.25) is 36.3 Å². The van der Waals surface area contributed by atoms with Gasteiger partial charge in [-0.2, -0.15) is 0 Å². The summed E-state index contributed by atoms with van der Waals surface area (Å²) in [5.41, 5.74) is 10.2. The molecule has 24 heavy (non-hydrogen) atoms. The highest BCUT2D eigenvalue weighted by molar-refractivity contribution is 6.95. The largest absolute Gasteiger partial charge is 0.123 e. The maximum atomic E-state index is 3.83. The van der Waals surface area contributed by atoms with Gasteiger partial charge in [-0.3, -0.25) is 0 Å². The van der Waals surface area contributed by atoms with E-state index in [0.717, 1.165) is 0 Å². The lowest BCUT2D eigenvalue weighted by Crippen LogP contribution is -2.47. The van der Waals surface area contributed by atoms with Crippen molar-refractivity contribution in [2.75, 3.05) is 0 Å². The van der Waals surface area contributed by atoms with Gasteiger partial charge in [-0.05, 0) is 59.3 Å². The Balaban J connectivity index is 7.14. The minimum atomic E-state index is -1.71. The first kappa shape index (κ1) is 23.5. The minimum absolute atomic E-state index is 0.293. The molecule has 0 rings (SSSR count). The Morgan fingerprint density at radius 2 is 0.750 bits per heavy atom. The first-order valence-electron chi connectivity index (χ1n) is 9.25. The highest BCUT2D eigenvalue weighted by Crippen LogP contribution is 2.49. The molecule has 0 aromatic rings. The number of allylic oxidation sites excluding steroid dienone is 2. The zero-order valence-corrected chi connectivity index (χ0v) is 21.0. The Labute approximate surface area is 154 Å². The van der Waals surface area contributed by atoms with Crippen molar-refractivity contribution in [3.63, 3.8) is 0 Å². The normalized spacial score (nSPS) is 13.1. The van der Waals surface area contributed by atoms with Crippen LogP contribution in [0.4, 0.5) is 0 Å². The topological polar surface area (TPSA) is 0 Å². The maximum Gasteiger partial charge on any atom is 0.0965 e. The fourth-order valence-electron chi connectivity index (χ4n) is 2.31. The van der Waals surface area contributed by atoms with E-state index in [-0.39, 0.29) is 0 Å². The summed E-state index contributed by atoms with van der Waals surface area (Å²) < 4.78 is 0. The molecular formula is C22H42Si2. The van der Waals surface area contributed by atoms with Gasteiger partial charge in [-0.1, -0.05) is 67.7 Å². The summed E-state index contributed by atoms with van der Waals surface area (Å²) in [4.78, 5) is 0. The van der Waals surface area contributed by atoms with Crippen molar-refractivity contribution >= 4 is 16.1 Å². The van der Waals surface area contributed by atoms with Crippen LogP contribution in [0, 0.1) is 0 Å². The van der Waals surface area contributed by atoms with E-state index in [1.54, 1.807) is 0 Å². The molecule has 0 fully saturated rings. The fraction of sp³-hybridized carbons (Fsp3) is 0.727. The van der Waals surface area contributed by atoms with E-state index < -0.39 is 16.1 Å². The van der Waals surface area contributed by atoms with Gasteiger partial charge in [0, 0.05) is 0 Å². The minimum Gasteiger partial charge on any atom is -0.123 e. The molecule has 0 aromatic heterocycles. The Hall–Kier alpha value is -0.526. The van der Waals surface area contributed by atoms with E-state index in [1.165, 1.54) is 21.5 Å². The van der Waals surface area contributed by atoms with Crippen LogP contribution in [0.25, 0.3) is 0 Å². The smallest absolute Gasteiger partial charge is 0.0965 e. The van der Waals surface area contributed by atoms with E-state index in [1.807, 2.05) is 0 Å². The summed E-state index contributed by atoms with van der Waals surface area (Å²) in [6.45, 7) is 33.2. The molecule has 0 spiro atoms. The third-order valence-electron chi connectivity index (χ3n) is 6.00. The maximum absolute atomic E-state index is 3.83. The second kappa shape index (κ2) is 7.38. The first-order valence-corrected chi connectivity index (χ1v) is 15.2. The third-order valence-corrected chi connectivity index (χ3v) is 17.0. The van der Waals surface area contributed by atoms with E-state index in [0.29, 0.717) is 10.1 Å². The molecule has 2 heteroatoms. The highest BCUT2D eigenvalue weighted by atomic mass is 28.3. The second-order valence-corrected chi connectivity index (χ2v) is 21.2. The lowest BCUT2D eigenvalue weighted by Gasteiger charge is -2.45. The molecule has 138 valence electrons. The molecule has 0 radical (unpaired) electrons. The van der Waals surface area contributed by atoms with Gasteiger partial charge in [-0.15, -0.1) is 11.5 Å². The molecule has 0 atom stereocenters. The summed E-state index contributed by atoms with van der Waals surface area (Å²) in [6.07, 6.45) is 0. The first-order chi connectivity index (χ1) is 10.4. The van der Waals surface area contributed by atoms with Crippen LogP contribution >= 0.6 is 0 Å². The monoisotopic (exact) mass is 362 g/mol. The zero-order chi connectivity index (χ0) is 19.7. The van der Waals surface area contributed by atoms with Crippen LogP contribution in [-0.2, 0) is 0 Å². The molecule has 0 amide bonds. The van der Waals surface area contributed by atoms with Crippen molar-refractivity contribution in [1.82, 2.24) is 0 Å². The average molecular weight is 363 g/mol. The Bertz CT molecular complexity index is 537. The van der Waals surface area contributed by atoms with Crippen LogP contribution in [0.5, 0.6) is 0 Å². The van der Waals surface area contributed by atoms with E-state index in [9.17, 15) is 0 Å².